The summed E-state index contributed by atoms with van der Waals surface area (Å²) >= 11 is 0. The van der Waals surface area contributed by atoms with Gasteiger partial charge >= 0.3 is 11.9 Å². The van der Waals surface area contributed by atoms with E-state index in [4.69, 9.17) is 20.4 Å². The average molecular weight is 420 g/mol. The zero-order chi connectivity index (χ0) is 22.5. The summed E-state index contributed by atoms with van der Waals surface area (Å²) in [6.45, 7) is 3.93. The highest BCUT2D eigenvalue weighted by Gasteiger charge is 2.20. The molecule has 0 radical (unpaired) electrons. The van der Waals surface area contributed by atoms with E-state index in [9.17, 15) is 14.4 Å². The molecule has 0 spiro atoms. The number of hydrogen-bond acceptors (Lipinski definition) is 5. The van der Waals surface area contributed by atoms with Crippen molar-refractivity contribution in [1.29, 1.82) is 0 Å². The number of unbranched alkanes of at least 4 members (excludes halogenated alkanes) is 8. The minimum absolute atomic E-state index is 0.0810. The smallest absolute Gasteiger partial charge is 0.326 e. The lowest BCUT2D eigenvalue weighted by Gasteiger charge is -2.13. The molecule has 0 aliphatic carbocycles. The third-order valence-corrected chi connectivity index (χ3v) is 4.33. The van der Waals surface area contributed by atoms with Crippen LogP contribution in [0.3, 0.4) is 0 Å². The highest BCUT2D eigenvalue weighted by Crippen LogP contribution is 2.10. The highest BCUT2D eigenvalue weighted by molar-refractivity contribution is 5.83. The first-order valence-corrected chi connectivity index (χ1v) is 10.8. The first-order chi connectivity index (χ1) is 13.7. The third-order valence-electron chi connectivity index (χ3n) is 4.33. The Labute approximate surface area is 174 Å². The lowest BCUT2D eigenvalue weighted by molar-refractivity contribution is -0.143. The van der Waals surface area contributed by atoms with Crippen molar-refractivity contribution < 1.29 is 34.8 Å². The molecule has 0 aliphatic heterocycles. The van der Waals surface area contributed by atoms with E-state index >= 15 is 0 Å². The van der Waals surface area contributed by atoms with Crippen molar-refractivity contribution >= 4 is 17.8 Å². The molecular formula is C21H41NO7. The number of carbonyl (C=O) groups is 3. The normalized spacial score (nSPS) is 12.4. The van der Waals surface area contributed by atoms with E-state index in [1.807, 2.05) is 0 Å². The van der Waals surface area contributed by atoms with Crippen LogP contribution in [0.25, 0.3) is 0 Å². The maximum atomic E-state index is 11.7. The Kier molecular flexibility index (Phi) is 21.4. The van der Waals surface area contributed by atoms with E-state index in [0.717, 1.165) is 19.3 Å². The molecule has 0 aromatic heterocycles. The third kappa shape index (κ3) is 24.3. The van der Waals surface area contributed by atoms with Crippen LogP contribution in [0.15, 0.2) is 0 Å². The largest absolute Gasteiger partial charge is 0.481 e. The number of amides is 1. The fourth-order valence-corrected chi connectivity index (χ4v) is 2.57. The Balaban J connectivity index is 0. The monoisotopic (exact) mass is 419 g/mol. The Hall–Kier alpha value is -1.67. The Morgan fingerprint density at radius 2 is 1.34 bits per heavy atom. The van der Waals surface area contributed by atoms with Gasteiger partial charge in [0.1, 0.15) is 6.04 Å². The van der Waals surface area contributed by atoms with Crippen molar-refractivity contribution in [1.82, 2.24) is 5.32 Å². The molecule has 0 aromatic carbocycles. The summed E-state index contributed by atoms with van der Waals surface area (Å²) in [7, 11) is 0. The van der Waals surface area contributed by atoms with Gasteiger partial charge in [0.15, 0.2) is 0 Å². The summed E-state index contributed by atoms with van der Waals surface area (Å²) in [5.41, 5.74) is 0. The standard InChI is InChI=1S/C17H31NO5.C4H10O2/c1-2-3-4-5-6-7-8-9-10-11-15(19)18-14(17(22)23)12-13-16(20)21;1-4(6)2-3-5/h14H,2-13H2,1H3,(H,18,19)(H,20,21)(H,22,23);4-6H,2-3H2,1H3/t14-;/m0./s1. The van der Waals surface area contributed by atoms with Gasteiger partial charge in [-0.3, -0.25) is 9.59 Å². The lowest BCUT2D eigenvalue weighted by Crippen LogP contribution is -2.41. The zero-order valence-electron chi connectivity index (χ0n) is 18.1. The average Bonchev–Trinajstić information content (AvgIpc) is 2.63. The van der Waals surface area contributed by atoms with Crippen molar-refractivity contribution in [3.8, 4) is 0 Å². The first-order valence-electron chi connectivity index (χ1n) is 10.8. The summed E-state index contributed by atoms with van der Waals surface area (Å²) in [4.78, 5) is 33.1. The van der Waals surface area contributed by atoms with Crippen molar-refractivity contribution in [2.24, 2.45) is 0 Å². The number of carboxylic acid groups (broad SMARTS) is 2. The van der Waals surface area contributed by atoms with Gasteiger partial charge in [-0.25, -0.2) is 4.79 Å². The SMILES string of the molecule is CC(O)CCO.CCCCCCCCCCCC(=O)N[C@@H](CCC(=O)O)C(=O)O. The van der Waals surface area contributed by atoms with E-state index in [1.54, 1.807) is 6.92 Å². The quantitative estimate of drug-likeness (QED) is 0.228. The molecule has 0 bridgehead atoms. The Morgan fingerprint density at radius 3 is 1.72 bits per heavy atom. The van der Waals surface area contributed by atoms with Gasteiger partial charge < -0.3 is 25.7 Å². The van der Waals surface area contributed by atoms with E-state index in [0.29, 0.717) is 12.8 Å². The molecule has 1 amide bonds. The van der Waals surface area contributed by atoms with Crippen LogP contribution in [0.4, 0.5) is 0 Å². The highest BCUT2D eigenvalue weighted by atomic mass is 16.4. The number of hydrogen-bond donors (Lipinski definition) is 5. The number of nitrogens with one attached hydrogen (secondary N) is 1. The van der Waals surface area contributed by atoms with Gasteiger partial charge in [0, 0.05) is 19.4 Å². The predicted octanol–water partition coefficient (Wildman–Crippen LogP) is 3.09. The van der Waals surface area contributed by atoms with E-state index in [1.165, 1.54) is 38.5 Å². The number of aliphatic carboxylic acids is 2. The molecule has 8 heteroatoms. The van der Waals surface area contributed by atoms with Crippen LogP contribution in [-0.4, -0.2) is 57.0 Å². The van der Waals surface area contributed by atoms with E-state index in [2.05, 4.69) is 12.2 Å². The van der Waals surface area contributed by atoms with Crippen molar-refractivity contribution in [3.63, 3.8) is 0 Å². The number of rotatable bonds is 17. The molecular weight excluding hydrogens is 378 g/mol. The van der Waals surface area contributed by atoms with Crippen molar-refractivity contribution in [2.45, 2.75) is 109 Å². The minimum Gasteiger partial charge on any atom is -0.481 e. The van der Waals surface area contributed by atoms with Crippen molar-refractivity contribution in [3.05, 3.63) is 0 Å². The summed E-state index contributed by atoms with van der Waals surface area (Å²) < 4.78 is 0. The van der Waals surface area contributed by atoms with Crippen LogP contribution in [0, 0.1) is 0 Å². The maximum absolute atomic E-state index is 11.7. The van der Waals surface area contributed by atoms with Gasteiger partial charge in [0.05, 0.1) is 6.10 Å². The molecule has 8 nitrogen and oxygen atoms in total. The summed E-state index contributed by atoms with van der Waals surface area (Å²) in [6.07, 6.45) is 10.4. The van der Waals surface area contributed by atoms with Crippen LogP contribution < -0.4 is 5.32 Å². The predicted molar refractivity (Wildman–Crippen MR) is 112 cm³/mol. The zero-order valence-corrected chi connectivity index (χ0v) is 18.1. The Morgan fingerprint density at radius 1 is 0.828 bits per heavy atom. The fraction of sp³-hybridized carbons (Fsp3) is 0.857. The molecule has 2 atom stereocenters. The lowest BCUT2D eigenvalue weighted by atomic mass is 10.1. The number of aliphatic hydroxyl groups excluding tert-OH is 2. The Bertz CT molecular complexity index is 427. The topological polar surface area (TPSA) is 144 Å². The summed E-state index contributed by atoms with van der Waals surface area (Å²) in [5, 5.41) is 36.4. The van der Waals surface area contributed by atoms with Crippen LogP contribution in [-0.2, 0) is 14.4 Å². The molecule has 0 rings (SSSR count). The van der Waals surface area contributed by atoms with E-state index < -0.39 is 18.0 Å². The fourth-order valence-electron chi connectivity index (χ4n) is 2.57. The van der Waals surface area contributed by atoms with Gasteiger partial charge in [-0.05, 0) is 26.2 Å². The van der Waals surface area contributed by atoms with E-state index in [-0.39, 0.29) is 31.5 Å². The van der Waals surface area contributed by atoms with Crippen LogP contribution in [0.2, 0.25) is 0 Å². The molecule has 29 heavy (non-hydrogen) atoms. The number of aliphatic hydroxyl groups is 2. The van der Waals surface area contributed by atoms with Crippen LogP contribution in [0.1, 0.15) is 97.3 Å². The second-order valence-electron chi connectivity index (χ2n) is 7.33. The molecule has 1 unspecified atom stereocenters. The van der Waals surface area contributed by atoms with Crippen LogP contribution >= 0.6 is 0 Å². The molecule has 0 saturated heterocycles. The molecule has 0 saturated carbocycles. The second kappa shape index (κ2) is 21.0. The number of carboxylic acids is 2. The number of carbonyl (C=O) groups excluding carboxylic acids is 1. The van der Waals surface area contributed by atoms with Gasteiger partial charge in [0.25, 0.3) is 0 Å². The maximum Gasteiger partial charge on any atom is 0.326 e. The van der Waals surface area contributed by atoms with Gasteiger partial charge in [-0.15, -0.1) is 0 Å². The molecule has 0 aromatic rings. The first kappa shape index (κ1) is 29.5. The molecule has 172 valence electrons. The molecule has 0 fully saturated rings. The molecule has 5 N–H and O–H groups in total. The minimum atomic E-state index is -1.19. The van der Waals surface area contributed by atoms with Crippen LogP contribution in [0.5, 0.6) is 0 Å². The second-order valence-corrected chi connectivity index (χ2v) is 7.33. The van der Waals surface area contributed by atoms with Gasteiger partial charge in [-0.2, -0.15) is 0 Å². The van der Waals surface area contributed by atoms with Gasteiger partial charge in [0.2, 0.25) is 5.91 Å². The molecule has 0 heterocycles. The summed E-state index contributed by atoms with van der Waals surface area (Å²) in [6, 6.07) is -1.11. The summed E-state index contributed by atoms with van der Waals surface area (Å²) in [5.74, 6) is -2.57. The molecule has 0 aliphatic rings. The van der Waals surface area contributed by atoms with Crippen molar-refractivity contribution in [2.75, 3.05) is 6.61 Å². The van der Waals surface area contributed by atoms with Gasteiger partial charge in [-0.1, -0.05) is 58.3 Å².